The summed E-state index contributed by atoms with van der Waals surface area (Å²) in [5.74, 6) is -0.287. The van der Waals surface area contributed by atoms with E-state index in [1.807, 2.05) is 60.5 Å². The second-order valence-electron chi connectivity index (χ2n) is 8.06. The predicted molar refractivity (Wildman–Crippen MR) is 118 cm³/mol. The number of esters is 1. The van der Waals surface area contributed by atoms with Gasteiger partial charge in [-0.05, 0) is 30.7 Å². The summed E-state index contributed by atoms with van der Waals surface area (Å²) in [6.07, 6.45) is 1.55. The Morgan fingerprint density at radius 2 is 1.77 bits per heavy atom. The van der Waals surface area contributed by atoms with E-state index in [4.69, 9.17) is 9.15 Å². The van der Waals surface area contributed by atoms with Crippen molar-refractivity contribution in [2.75, 3.05) is 18.6 Å². The molecule has 2 heterocycles. The van der Waals surface area contributed by atoms with Crippen molar-refractivity contribution in [2.45, 2.75) is 26.2 Å². The zero-order valence-electron chi connectivity index (χ0n) is 18.0. The van der Waals surface area contributed by atoms with Crippen LogP contribution < -0.4 is 4.90 Å². The van der Waals surface area contributed by atoms with Gasteiger partial charge < -0.3 is 14.1 Å². The standard InChI is InChI=1S/C25H24N2O4/c1-16-22(26-23(31-16)17-10-6-5-7-11-17)24(29)30-15-18(28)14-21-25(2,3)19-12-8-9-13-20(19)27(21)4/h5-14H,15H2,1-4H3/b21-14-. The maximum atomic E-state index is 12.6. The number of nitrogens with zero attached hydrogens (tertiary/aromatic N) is 2. The average molecular weight is 416 g/mol. The number of hydrogen-bond acceptors (Lipinski definition) is 6. The van der Waals surface area contributed by atoms with E-state index < -0.39 is 5.97 Å². The van der Waals surface area contributed by atoms with Gasteiger partial charge in [0.2, 0.25) is 5.89 Å². The Bertz CT molecular complexity index is 1180. The topological polar surface area (TPSA) is 72.6 Å². The fourth-order valence-corrected chi connectivity index (χ4v) is 3.95. The third-order valence-corrected chi connectivity index (χ3v) is 5.59. The summed E-state index contributed by atoms with van der Waals surface area (Å²) in [5, 5.41) is 0. The molecule has 2 aromatic carbocycles. The van der Waals surface area contributed by atoms with Crippen LogP contribution in [0.4, 0.5) is 5.69 Å². The molecule has 0 saturated carbocycles. The number of likely N-dealkylation sites (N-methyl/N-ethyl adjacent to an activating group) is 1. The van der Waals surface area contributed by atoms with Crippen LogP contribution in [0.2, 0.25) is 0 Å². The molecule has 6 heteroatoms. The van der Waals surface area contributed by atoms with E-state index in [0.717, 1.165) is 22.5 Å². The van der Waals surface area contributed by atoms with Crippen molar-refractivity contribution in [3.63, 3.8) is 0 Å². The zero-order chi connectivity index (χ0) is 22.2. The van der Waals surface area contributed by atoms with Gasteiger partial charge in [0, 0.05) is 35.5 Å². The number of para-hydroxylation sites is 1. The van der Waals surface area contributed by atoms with E-state index in [0.29, 0.717) is 11.7 Å². The van der Waals surface area contributed by atoms with Crippen LogP contribution in [0.25, 0.3) is 11.5 Å². The monoisotopic (exact) mass is 416 g/mol. The van der Waals surface area contributed by atoms with Crippen molar-refractivity contribution >= 4 is 17.4 Å². The maximum absolute atomic E-state index is 12.6. The molecule has 1 aliphatic heterocycles. The molecule has 1 aromatic heterocycles. The van der Waals surface area contributed by atoms with Crippen LogP contribution in [0.15, 0.2) is 70.8 Å². The molecule has 31 heavy (non-hydrogen) atoms. The van der Waals surface area contributed by atoms with Crippen LogP contribution in [-0.2, 0) is 14.9 Å². The molecule has 0 saturated heterocycles. The summed E-state index contributed by atoms with van der Waals surface area (Å²) in [6.45, 7) is 5.43. The van der Waals surface area contributed by atoms with Gasteiger partial charge in [-0.3, -0.25) is 4.79 Å². The van der Waals surface area contributed by atoms with Gasteiger partial charge in [0.1, 0.15) is 5.76 Å². The summed E-state index contributed by atoms with van der Waals surface area (Å²) >= 11 is 0. The van der Waals surface area contributed by atoms with Crippen LogP contribution >= 0.6 is 0 Å². The van der Waals surface area contributed by atoms with Gasteiger partial charge in [0.15, 0.2) is 18.1 Å². The number of fused-ring (bicyclic) bond motifs is 1. The van der Waals surface area contributed by atoms with E-state index >= 15 is 0 Å². The molecule has 0 fully saturated rings. The third-order valence-electron chi connectivity index (χ3n) is 5.59. The van der Waals surface area contributed by atoms with Crippen molar-refractivity contribution in [3.8, 4) is 11.5 Å². The minimum absolute atomic E-state index is 0.0741. The van der Waals surface area contributed by atoms with Gasteiger partial charge in [-0.15, -0.1) is 0 Å². The number of rotatable bonds is 5. The fraction of sp³-hybridized carbons (Fsp3) is 0.240. The molecule has 4 rings (SSSR count). The molecule has 158 valence electrons. The van der Waals surface area contributed by atoms with Gasteiger partial charge >= 0.3 is 5.97 Å². The van der Waals surface area contributed by atoms with Crippen LogP contribution in [0.1, 0.15) is 35.7 Å². The fourth-order valence-electron chi connectivity index (χ4n) is 3.95. The summed E-state index contributed by atoms with van der Waals surface area (Å²) in [6, 6.07) is 17.3. The average Bonchev–Trinajstić information content (AvgIpc) is 3.25. The van der Waals surface area contributed by atoms with Crippen molar-refractivity contribution in [1.29, 1.82) is 0 Å². The minimum atomic E-state index is -0.683. The molecule has 0 unspecified atom stereocenters. The number of aromatic nitrogens is 1. The van der Waals surface area contributed by atoms with Crippen molar-refractivity contribution < 1.29 is 18.7 Å². The minimum Gasteiger partial charge on any atom is -0.452 e. The van der Waals surface area contributed by atoms with Gasteiger partial charge in [0.25, 0.3) is 0 Å². The quantitative estimate of drug-likeness (QED) is 0.444. The largest absolute Gasteiger partial charge is 0.452 e. The van der Waals surface area contributed by atoms with Gasteiger partial charge in [-0.25, -0.2) is 9.78 Å². The first-order valence-corrected chi connectivity index (χ1v) is 10.1. The number of hydrogen-bond donors (Lipinski definition) is 0. The molecule has 0 N–H and O–H groups in total. The molecule has 6 nitrogen and oxygen atoms in total. The van der Waals surface area contributed by atoms with Gasteiger partial charge in [-0.2, -0.15) is 0 Å². The lowest BCUT2D eigenvalue weighted by molar-refractivity contribution is -0.117. The van der Waals surface area contributed by atoms with Crippen molar-refractivity contribution in [2.24, 2.45) is 0 Å². The first kappa shape index (κ1) is 20.6. The second kappa shape index (κ2) is 7.87. The summed E-state index contributed by atoms with van der Waals surface area (Å²) in [7, 11) is 1.93. The van der Waals surface area contributed by atoms with Crippen LogP contribution in [0.3, 0.4) is 0 Å². The molecule has 0 bridgehead atoms. The Morgan fingerprint density at radius 3 is 2.48 bits per heavy atom. The Morgan fingerprint density at radius 1 is 1.10 bits per heavy atom. The number of oxazole rings is 1. The number of anilines is 1. The number of ketones is 1. The van der Waals surface area contributed by atoms with E-state index in [9.17, 15) is 9.59 Å². The Kier molecular flexibility index (Phi) is 5.23. The second-order valence-corrected chi connectivity index (χ2v) is 8.06. The molecule has 0 aliphatic carbocycles. The summed E-state index contributed by atoms with van der Waals surface area (Å²) < 4.78 is 10.8. The predicted octanol–water partition coefficient (Wildman–Crippen LogP) is 4.69. The van der Waals surface area contributed by atoms with Crippen molar-refractivity contribution in [3.05, 3.63) is 83.4 Å². The van der Waals surface area contributed by atoms with Crippen LogP contribution in [0, 0.1) is 6.92 Å². The highest BCUT2D eigenvalue weighted by molar-refractivity contribution is 5.96. The van der Waals surface area contributed by atoms with E-state index in [1.54, 1.807) is 13.0 Å². The molecule has 0 radical (unpaired) electrons. The van der Waals surface area contributed by atoms with Gasteiger partial charge in [0.05, 0.1) is 0 Å². The highest BCUT2D eigenvalue weighted by atomic mass is 16.5. The highest BCUT2D eigenvalue weighted by Gasteiger charge is 2.38. The zero-order valence-corrected chi connectivity index (χ0v) is 18.0. The Balaban J connectivity index is 1.46. The Labute approximate surface area is 181 Å². The van der Waals surface area contributed by atoms with Crippen LogP contribution in [0.5, 0.6) is 0 Å². The van der Waals surface area contributed by atoms with E-state index in [2.05, 4.69) is 24.9 Å². The maximum Gasteiger partial charge on any atom is 0.361 e. The number of carbonyl (C=O) groups excluding carboxylic acids is 2. The molecule has 0 amide bonds. The summed E-state index contributed by atoms with van der Waals surface area (Å²) in [5.41, 5.74) is 3.59. The van der Waals surface area contributed by atoms with E-state index in [-0.39, 0.29) is 23.5 Å². The first-order valence-electron chi connectivity index (χ1n) is 10.1. The Hall–Kier alpha value is -3.67. The summed E-state index contributed by atoms with van der Waals surface area (Å²) in [4.78, 5) is 31.4. The SMILES string of the molecule is Cc1oc(-c2ccccc2)nc1C(=O)OCC(=O)/C=C1\N(C)c2ccccc2C1(C)C. The molecule has 1 aliphatic rings. The van der Waals surface area contributed by atoms with Crippen molar-refractivity contribution in [1.82, 2.24) is 4.98 Å². The first-order chi connectivity index (χ1) is 14.8. The van der Waals surface area contributed by atoms with E-state index in [1.165, 1.54) is 0 Å². The molecular weight excluding hydrogens is 392 g/mol. The smallest absolute Gasteiger partial charge is 0.361 e. The lowest BCUT2D eigenvalue weighted by atomic mass is 9.83. The molecule has 0 spiro atoms. The molecule has 3 aromatic rings. The molecule has 0 atom stereocenters. The number of allylic oxidation sites excluding steroid dienone is 1. The number of benzene rings is 2. The lowest BCUT2D eigenvalue weighted by Crippen LogP contribution is -2.25. The highest BCUT2D eigenvalue weighted by Crippen LogP contribution is 2.46. The van der Waals surface area contributed by atoms with Gasteiger partial charge in [-0.1, -0.05) is 50.2 Å². The number of aryl methyl sites for hydroxylation is 1. The van der Waals surface area contributed by atoms with Crippen LogP contribution in [-0.4, -0.2) is 30.4 Å². The third kappa shape index (κ3) is 3.77. The number of carbonyl (C=O) groups is 2. The number of ether oxygens (including phenoxy) is 1. The lowest BCUT2D eigenvalue weighted by Gasteiger charge is -2.23. The molecular formula is C25H24N2O4. The normalized spacial score (nSPS) is 15.7.